The van der Waals surface area contributed by atoms with Crippen LogP contribution in [0.3, 0.4) is 0 Å². The molecular weight excluding hydrogens is 206 g/mol. The van der Waals surface area contributed by atoms with Crippen molar-refractivity contribution in [3.8, 4) is 0 Å². The Morgan fingerprint density at radius 1 is 1.24 bits per heavy atom. The van der Waals surface area contributed by atoms with Crippen LogP contribution in [0, 0.1) is 12.8 Å². The summed E-state index contributed by atoms with van der Waals surface area (Å²) in [6.07, 6.45) is 6.66. The molecule has 0 heterocycles. The minimum atomic E-state index is 0.781. The zero-order valence-corrected chi connectivity index (χ0v) is 11.2. The fourth-order valence-corrected chi connectivity index (χ4v) is 2.94. The van der Waals surface area contributed by atoms with Gasteiger partial charge in [-0.05, 0) is 62.6 Å². The fourth-order valence-electron chi connectivity index (χ4n) is 2.94. The van der Waals surface area contributed by atoms with Crippen molar-refractivity contribution in [1.29, 1.82) is 0 Å². The molecule has 2 unspecified atom stereocenters. The molecule has 0 spiro atoms. The zero-order chi connectivity index (χ0) is 12.1. The molecule has 94 valence electrons. The number of rotatable bonds is 5. The van der Waals surface area contributed by atoms with Gasteiger partial charge in [-0.2, -0.15) is 0 Å². The van der Waals surface area contributed by atoms with Gasteiger partial charge in [0.05, 0.1) is 0 Å². The van der Waals surface area contributed by atoms with E-state index in [9.17, 15) is 0 Å². The van der Waals surface area contributed by atoms with E-state index in [-0.39, 0.29) is 0 Å². The Morgan fingerprint density at radius 2 is 2.06 bits per heavy atom. The molecule has 0 bridgehead atoms. The molecule has 0 radical (unpaired) electrons. The summed E-state index contributed by atoms with van der Waals surface area (Å²) in [5.74, 6) is 0.894. The summed E-state index contributed by atoms with van der Waals surface area (Å²) in [6.45, 7) is 5.66. The highest BCUT2D eigenvalue weighted by atomic mass is 14.9. The van der Waals surface area contributed by atoms with Crippen molar-refractivity contribution >= 4 is 0 Å². The largest absolute Gasteiger partial charge is 0.314 e. The molecule has 1 N–H and O–H groups in total. The summed E-state index contributed by atoms with van der Waals surface area (Å²) in [5.41, 5.74) is 3.01. The van der Waals surface area contributed by atoms with Crippen LogP contribution in [-0.2, 0) is 6.42 Å². The van der Waals surface area contributed by atoms with E-state index >= 15 is 0 Å². The highest BCUT2D eigenvalue weighted by Crippen LogP contribution is 2.29. The molecule has 17 heavy (non-hydrogen) atoms. The molecule has 1 aromatic rings. The van der Waals surface area contributed by atoms with Crippen LogP contribution in [0.4, 0.5) is 0 Å². The van der Waals surface area contributed by atoms with E-state index in [2.05, 4.69) is 43.4 Å². The highest BCUT2D eigenvalue weighted by Gasteiger charge is 2.24. The fraction of sp³-hybridized carbons (Fsp3) is 0.625. The molecule has 1 saturated carbocycles. The predicted octanol–water partition coefficient (Wildman–Crippen LogP) is 3.71. The first kappa shape index (κ1) is 12.6. The van der Waals surface area contributed by atoms with Crippen molar-refractivity contribution < 1.29 is 0 Å². The second-order valence-corrected chi connectivity index (χ2v) is 5.46. The molecule has 0 aromatic heterocycles. The number of hydrogen-bond donors (Lipinski definition) is 1. The van der Waals surface area contributed by atoms with E-state index in [1.807, 2.05) is 0 Å². The second-order valence-electron chi connectivity index (χ2n) is 5.46. The van der Waals surface area contributed by atoms with Crippen LogP contribution in [0.25, 0.3) is 0 Å². The van der Waals surface area contributed by atoms with Gasteiger partial charge in [0.1, 0.15) is 0 Å². The van der Waals surface area contributed by atoms with Gasteiger partial charge in [-0.15, -0.1) is 0 Å². The lowest BCUT2D eigenvalue weighted by Gasteiger charge is -2.14. The van der Waals surface area contributed by atoms with Crippen LogP contribution in [0.2, 0.25) is 0 Å². The van der Waals surface area contributed by atoms with Crippen molar-refractivity contribution in [1.82, 2.24) is 5.32 Å². The van der Waals surface area contributed by atoms with Gasteiger partial charge in [0.2, 0.25) is 0 Å². The minimum Gasteiger partial charge on any atom is -0.314 e. The van der Waals surface area contributed by atoms with Gasteiger partial charge in [0.25, 0.3) is 0 Å². The molecule has 0 saturated heterocycles. The van der Waals surface area contributed by atoms with Crippen molar-refractivity contribution in [2.45, 2.75) is 52.0 Å². The summed E-state index contributed by atoms with van der Waals surface area (Å²) in [6, 6.07) is 9.62. The standard InChI is InChI=1S/C16H25N/c1-3-10-17-16-9-8-14(12-16)11-15-7-5-4-6-13(15)2/h4-7,14,16-17H,3,8-12H2,1-2H3. The van der Waals surface area contributed by atoms with Crippen molar-refractivity contribution in [2.24, 2.45) is 5.92 Å². The Hall–Kier alpha value is -0.820. The van der Waals surface area contributed by atoms with Gasteiger partial charge in [-0.25, -0.2) is 0 Å². The van der Waals surface area contributed by atoms with Crippen molar-refractivity contribution in [2.75, 3.05) is 6.54 Å². The van der Waals surface area contributed by atoms with Crippen LogP contribution in [0.5, 0.6) is 0 Å². The first-order valence-corrected chi connectivity index (χ1v) is 7.07. The number of benzene rings is 1. The van der Waals surface area contributed by atoms with Gasteiger partial charge >= 0.3 is 0 Å². The molecule has 1 fully saturated rings. The normalized spacial score (nSPS) is 24.1. The van der Waals surface area contributed by atoms with Gasteiger partial charge in [-0.3, -0.25) is 0 Å². The maximum absolute atomic E-state index is 3.66. The Balaban J connectivity index is 1.83. The lowest BCUT2D eigenvalue weighted by Crippen LogP contribution is -2.27. The Labute approximate surface area is 106 Å². The van der Waals surface area contributed by atoms with E-state index in [0.29, 0.717) is 0 Å². The average Bonchev–Trinajstić information content (AvgIpc) is 2.77. The SMILES string of the molecule is CCCNC1CCC(Cc2ccccc2C)C1. The highest BCUT2D eigenvalue weighted by molar-refractivity contribution is 5.26. The average molecular weight is 231 g/mol. The molecule has 0 amide bonds. The van der Waals surface area contributed by atoms with Crippen LogP contribution < -0.4 is 5.32 Å². The summed E-state index contributed by atoms with van der Waals surface area (Å²) in [5, 5.41) is 3.66. The van der Waals surface area contributed by atoms with Crippen molar-refractivity contribution in [3.05, 3.63) is 35.4 Å². The lowest BCUT2D eigenvalue weighted by molar-refractivity contribution is 0.483. The molecule has 2 atom stereocenters. The third kappa shape index (κ3) is 3.57. The molecule has 1 aliphatic rings. The van der Waals surface area contributed by atoms with Gasteiger partial charge < -0.3 is 5.32 Å². The Morgan fingerprint density at radius 3 is 2.82 bits per heavy atom. The van der Waals surface area contributed by atoms with Crippen molar-refractivity contribution in [3.63, 3.8) is 0 Å². The predicted molar refractivity (Wildman–Crippen MR) is 74.3 cm³/mol. The molecule has 1 heteroatoms. The maximum atomic E-state index is 3.66. The first-order valence-electron chi connectivity index (χ1n) is 7.07. The molecule has 1 aliphatic carbocycles. The van der Waals surface area contributed by atoms with Gasteiger partial charge in [-0.1, -0.05) is 31.2 Å². The van der Waals surface area contributed by atoms with E-state index in [1.165, 1.54) is 44.2 Å². The first-order chi connectivity index (χ1) is 8.29. The molecule has 2 rings (SSSR count). The summed E-state index contributed by atoms with van der Waals surface area (Å²) >= 11 is 0. The number of hydrogen-bond acceptors (Lipinski definition) is 1. The summed E-state index contributed by atoms with van der Waals surface area (Å²) < 4.78 is 0. The molecule has 0 aliphatic heterocycles. The monoisotopic (exact) mass is 231 g/mol. The van der Waals surface area contributed by atoms with Crippen LogP contribution in [-0.4, -0.2) is 12.6 Å². The summed E-state index contributed by atoms with van der Waals surface area (Å²) in [7, 11) is 0. The summed E-state index contributed by atoms with van der Waals surface area (Å²) in [4.78, 5) is 0. The maximum Gasteiger partial charge on any atom is 0.00699 e. The lowest BCUT2D eigenvalue weighted by atomic mass is 9.95. The van der Waals surface area contributed by atoms with Gasteiger partial charge in [0, 0.05) is 6.04 Å². The Bertz CT molecular complexity index is 345. The van der Waals surface area contributed by atoms with Crippen LogP contribution in [0.1, 0.15) is 43.7 Å². The molecule has 1 nitrogen and oxygen atoms in total. The van der Waals surface area contributed by atoms with E-state index in [4.69, 9.17) is 0 Å². The quantitative estimate of drug-likeness (QED) is 0.814. The zero-order valence-electron chi connectivity index (χ0n) is 11.2. The second kappa shape index (κ2) is 6.20. The van der Waals surface area contributed by atoms with Crippen LogP contribution in [0.15, 0.2) is 24.3 Å². The molecular formula is C16H25N. The third-order valence-corrected chi connectivity index (χ3v) is 3.99. The van der Waals surface area contributed by atoms with E-state index in [0.717, 1.165) is 12.0 Å². The van der Waals surface area contributed by atoms with E-state index < -0.39 is 0 Å². The smallest absolute Gasteiger partial charge is 0.00699 e. The third-order valence-electron chi connectivity index (χ3n) is 3.99. The van der Waals surface area contributed by atoms with E-state index in [1.54, 1.807) is 5.56 Å². The number of aryl methyl sites for hydroxylation is 1. The Kier molecular flexibility index (Phi) is 4.61. The molecule has 1 aromatic carbocycles. The van der Waals surface area contributed by atoms with Crippen LogP contribution >= 0.6 is 0 Å². The topological polar surface area (TPSA) is 12.0 Å². The minimum absolute atomic E-state index is 0.781. The number of nitrogens with one attached hydrogen (secondary N) is 1. The van der Waals surface area contributed by atoms with Gasteiger partial charge in [0.15, 0.2) is 0 Å².